The van der Waals surface area contributed by atoms with Crippen LogP contribution in [0.5, 0.6) is 11.6 Å². The van der Waals surface area contributed by atoms with Crippen molar-refractivity contribution < 1.29 is 4.74 Å². The minimum atomic E-state index is -0.103. The van der Waals surface area contributed by atoms with Crippen LogP contribution in [0.4, 0.5) is 5.82 Å². The normalized spacial score (nSPS) is 11.4. The van der Waals surface area contributed by atoms with E-state index in [1.54, 1.807) is 25.4 Å². The monoisotopic (exact) mass is 565 g/mol. The second kappa shape index (κ2) is 18.6. The molecule has 1 atom stereocenters. The predicted octanol–water partition coefficient (Wildman–Crippen LogP) is 7.72. The molecular weight excluding hydrogens is 522 g/mol. The molecule has 0 fully saturated rings. The van der Waals surface area contributed by atoms with Gasteiger partial charge in [0.15, 0.2) is 5.82 Å². The SMILES string of the molecule is C/C=C\C=C/CC.C=CC=C.CN(C)C(CNc1nn(C)c(=O)c2ccccc12)c1ccc(Oc2ccccn2)cc1. The number of allylic oxidation sites excluding steroid dienone is 6. The van der Waals surface area contributed by atoms with Gasteiger partial charge in [-0.05, 0) is 57.3 Å². The molecule has 42 heavy (non-hydrogen) atoms. The second-order valence-corrected chi connectivity index (χ2v) is 9.36. The number of hydrogen-bond acceptors (Lipinski definition) is 6. The Morgan fingerprint density at radius 3 is 2.21 bits per heavy atom. The molecule has 220 valence electrons. The van der Waals surface area contributed by atoms with Gasteiger partial charge in [0.2, 0.25) is 5.88 Å². The molecule has 0 aliphatic heterocycles. The molecule has 1 unspecified atom stereocenters. The van der Waals surface area contributed by atoms with Crippen molar-refractivity contribution in [3.63, 3.8) is 0 Å². The Labute approximate surface area is 250 Å². The molecule has 4 rings (SSSR count). The molecule has 0 aliphatic carbocycles. The summed E-state index contributed by atoms with van der Waals surface area (Å²) < 4.78 is 7.17. The summed E-state index contributed by atoms with van der Waals surface area (Å²) in [5.74, 6) is 1.99. The van der Waals surface area contributed by atoms with Crippen LogP contribution in [0, 0.1) is 0 Å². The number of pyridine rings is 1. The van der Waals surface area contributed by atoms with Gasteiger partial charge in [-0.2, -0.15) is 5.10 Å². The van der Waals surface area contributed by atoms with Crippen LogP contribution in [0.1, 0.15) is 31.9 Å². The van der Waals surface area contributed by atoms with Gasteiger partial charge in [-0.25, -0.2) is 9.67 Å². The Morgan fingerprint density at radius 1 is 0.976 bits per heavy atom. The van der Waals surface area contributed by atoms with E-state index in [1.165, 1.54) is 4.68 Å². The van der Waals surface area contributed by atoms with Crippen molar-refractivity contribution in [2.45, 2.75) is 26.3 Å². The van der Waals surface area contributed by atoms with Crippen molar-refractivity contribution in [3.8, 4) is 11.6 Å². The number of rotatable bonds is 10. The Kier molecular flexibility index (Phi) is 14.8. The molecule has 0 amide bonds. The summed E-state index contributed by atoms with van der Waals surface area (Å²) >= 11 is 0. The van der Waals surface area contributed by atoms with Crippen LogP contribution in [0.15, 0.2) is 127 Å². The van der Waals surface area contributed by atoms with Crippen molar-refractivity contribution in [1.82, 2.24) is 19.7 Å². The molecule has 7 heteroatoms. The highest BCUT2D eigenvalue weighted by Crippen LogP contribution is 2.25. The average Bonchev–Trinajstić information content (AvgIpc) is 3.01. The van der Waals surface area contributed by atoms with E-state index in [-0.39, 0.29) is 11.6 Å². The maximum absolute atomic E-state index is 12.4. The Bertz CT molecular complexity index is 1480. The molecule has 1 N–H and O–H groups in total. The first-order chi connectivity index (χ1) is 20.4. The lowest BCUT2D eigenvalue weighted by atomic mass is 10.1. The summed E-state index contributed by atoms with van der Waals surface area (Å²) in [7, 11) is 5.75. The van der Waals surface area contributed by atoms with E-state index in [1.807, 2.05) is 87.8 Å². The number of benzene rings is 2. The third-order valence-corrected chi connectivity index (χ3v) is 6.01. The number of hydrogen-bond donors (Lipinski definition) is 1. The number of aryl methyl sites for hydroxylation is 1. The maximum atomic E-state index is 12.4. The highest BCUT2D eigenvalue weighted by atomic mass is 16.5. The largest absolute Gasteiger partial charge is 0.439 e. The number of anilines is 1. The summed E-state index contributed by atoms with van der Waals surface area (Å²) in [6.45, 7) is 11.5. The molecule has 0 saturated carbocycles. The summed E-state index contributed by atoms with van der Waals surface area (Å²) in [6.07, 6.45) is 14.3. The number of likely N-dealkylation sites (N-methyl/N-ethyl adjacent to an activating group) is 1. The summed E-state index contributed by atoms with van der Waals surface area (Å²) in [4.78, 5) is 18.7. The van der Waals surface area contributed by atoms with Crippen LogP contribution in [0.2, 0.25) is 0 Å². The van der Waals surface area contributed by atoms with E-state index in [4.69, 9.17) is 4.74 Å². The molecule has 0 saturated heterocycles. The van der Waals surface area contributed by atoms with Crippen LogP contribution in [0.3, 0.4) is 0 Å². The molecule has 0 radical (unpaired) electrons. The van der Waals surface area contributed by atoms with Crippen LogP contribution in [-0.4, -0.2) is 40.3 Å². The number of nitrogens with zero attached hydrogens (tertiary/aromatic N) is 4. The van der Waals surface area contributed by atoms with Gasteiger partial charge in [0.05, 0.1) is 11.4 Å². The highest BCUT2D eigenvalue weighted by Gasteiger charge is 2.16. The fraction of sp³-hybridized carbons (Fsp3) is 0.229. The van der Waals surface area contributed by atoms with E-state index in [0.717, 1.165) is 23.1 Å². The summed E-state index contributed by atoms with van der Waals surface area (Å²) in [5.41, 5.74) is 1.04. The number of ether oxygens (including phenoxy) is 1. The Morgan fingerprint density at radius 2 is 1.64 bits per heavy atom. The lowest BCUT2D eigenvalue weighted by Crippen LogP contribution is -2.28. The molecule has 0 aliphatic rings. The van der Waals surface area contributed by atoms with Gasteiger partial charge < -0.3 is 15.0 Å². The topological polar surface area (TPSA) is 72.3 Å². The van der Waals surface area contributed by atoms with Crippen LogP contribution < -0.4 is 15.6 Å². The minimum absolute atomic E-state index is 0.0988. The molecule has 0 bridgehead atoms. The number of nitrogens with one attached hydrogen (secondary N) is 1. The van der Waals surface area contributed by atoms with Crippen molar-refractivity contribution in [2.75, 3.05) is 26.0 Å². The van der Waals surface area contributed by atoms with Crippen molar-refractivity contribution >= 4 is 16.6 Å². The highest BCUT2D eigenvalue weighted by molar-refractivity contribution is 5.90. The Balaban J connectivity index is 0.000000479. The predicted molar refractivity (Wildman–Crippen MR) is 177 cm³/mol. The summed E-state index contributed by atoms with van der Waals surface area (Å²) in [6, 6.07) is 21.2. The smallest absolute Gasteiger partial charge is 0.274 e. The van der Waals surface area contributed by atoms with Gasteiger partial charge in [0.25, 0.3) is 5.56 Å². The molecule has 4 aromatic rings. The van der Waals surface area contributed by atoms with Crippen LogP contribution >= 0.6 is 0 Å². The first-order valence-electron chi connectivity index (χ1n) is 13.9. The average molecular weight is 566 g/mol. The van der Waals surface area contributed by atoms with Gasteiger partial charge in [-0.1, -0.05) is 92.9 Å². The van der Waals surface area contributed by atoms with Gasteiger partial charge in [0, 0.05) is 31.2 Å². The zero-order valence-electron chi connectivity index (χ0n) is 25.4. The van der Waals surface area contributed by atoms with Crippen molar-refractivity contribution in [3.05, 3.63) is 138 Å². The first-order valence-corrected chi connectivity index (χ1v) is 13.9. The van der Waals surface area contributed by atoms with Gasteiger partial charge in [-0.3, -0.25) is 4.79 Å². The summed E-state index contributed by atoms with van der Waals surface area (Å²) in [5, 5.41) is 9.34. The number of fused-ring (bicyclic) bond motifs is 1. The molecule has 2 aromatic heterocycles. The quantitative estimate of drug-likeness (QED) is 0.199. The number of aromatic nitrogens is 3. The van der Waals surface area contributed by atoms with Gasteiger partial charge >= 0.3 is 0 Å². The molecule has 7 nitrogen and oxygen atoms in total. The van der Waals surface area contributed by atoms with Crippen LogP contribution in [0.25, 0.3) is 10.8 Å². The molecule has 2 aromatic carbocycles. The lowest BCUT2D eigenvalue weighted by molar-refractivity contribution is 0.311. The van der Waals surface area contributed by atoms with Gasteiger partial charge in [0.1, 0.15) is 5.75 Å². The molecular formula is C35H43N5O2. The van der Waals surface area contributed by atoms with E-state index < -0.39 is 0 Å². The van der Waals surface area contributed by atoms with Crippen molar-refractivity contribution in [2.24, 2.45) is 7.05 Å². The third kappa shape index (κ3) is 10.7. The lowest BCUT2D eigenvalue weighted by Gasteiger charge is -2.26. The zero-order valence-corrected chi connectivity index (χ0v) is 25.4. The first kappa shape index (κ1) is 33.5. The van der Waals surface area contributed by atoms with Crippen LogP contribution in [-0.2, 0) is 7.05 Å². The van der Waals surface area contributed by atoms with Gasteiger partial charge in [-0.15, -0.1) is 0 Å². The zero-order chi connectivity index (χ0) is 30.7. The Hall–Kier alpha value is -4.75. The van der Waals surface area contributed by atoms with E-state index in [2.05, 4.69) is 64.7 Å². The fourth-order valence-electron chi connectivity index (χ4n) is 3.83. The van der Waals surface area contributed by atoms with E-state index in [9.17, 15) is 4.79 Å². The van der Waals surface area contributed by atoms with Crippen molar-refractivity contribution in [1.29, 1.82) is 0 Å². The molecule has 0 spiro atoms. The molecule has 2 heterocycles. The standard InChI is InChI=1S/C24H25N5O2.C7H12.C4H6/c1-28(2)21(17-11-13-18(14-12-17)31-22-10-6-7-15-25-22)16-26-23-19-8-4-5-9-20(19)24(30)29(3)27-23;1-3-5-7-6-4-2;1-3-4-2/h4-15,21H,16H2,1-3H3,(H,26,27);3,5-7H,4H2,1-2H3;3-4H,1-2H2/b;5-3-,7-6-;. The third-order valence-electron chi connectivity index (χ3n) is 6.01. The van der Waals surface area contributed by atoms with E-state index in [0.29, 0.717) is 23.6 Å². The van der Waals surface area contributed by atoms with E-state index >= 15 is 0 Å². The fourth-order valence-corrected chi connectivity index (χ4v) is 3.83. The maximum Gasteiger partial charge on any atom is 0.274 e. The minimum Gasteiger partial charge on any atom is -0.439 e. The second-order valence-electron chi connectivity index (χ2n) is 9.36.